The summed E-state index contributed by atoms with van der Waals surface area (Å²) in [7, 11) is 0. The van der Waals surface area contributed by atoms with Gasteiger partial charge >= 0.3 is 5.97 Å². The fraction of sp³-hybridized carbons (Fsp3) is 0.167. The van der Waals surface area contributed by atoms with Crippen LogP contribution in [0.2, 0.25) is 0 Å². The second-order valence-electron chi connectivity index (χ2n) is 3.99. The maximum absolute atomic E-state index is 11.0. The summed E-state index contributed by atoms with van der Waals surface area (Å²) in [5.41, 5.74) is 8.50. The molecule has 18 heavy (non-hydrogen) atoms. The van der Waals surface area contributed by atoms with Gasteiger partial charge in [-0.1, -0.05) is 0 Å². The topological polar surface area (TPSA) is 104 Å². The van der Waals surface area contributed by atoms with E-state index in [0.717, 1.165) is 11.3 Å². The van der Waals surface area contributed by atoms with Crippen molar-refractivity contribution < 1.29 is 9.90 Å². The van der Waals surface area contributed by atoms with Crippen molar-refractivity contribution in [3.8, 4) is 0 Å². The zero-order valence-electron chi connectivity index (χ0n) is 9.90. The van der Waals surface area contributed by atoms with Gasteiger partial charge in [-0.2, -0.15) is 5.10 Å². The summed E-state index contributed by atoms with van der Waals surface area (Å²) in [6.07, 6.45) is 1.66. The van der Waals surface area contributed by atoms with Gasteiger partial charge in [0.1, 0.15) is 0 Å². The average molecular weight is 246 g/mol. The molecule has 2 rings (SSSR count). The van der Waals surface area contributed by atoms with Crippen molar-refractivity contribution >= 4 is 17.3 Å². The van der Waals surface area contributed by atoms with Crippen molar-refractivity contribution in [2.24, 2.45) is 0 Å². The molecule has 1 heterocycles. The molecule has 0 spiro atoms. The Bertz CT molecular complexity index is 564. The molecular weight excluding hydrogens is 232 g/mol. The quantitative estimate of drug-likeness (QED) is 0.613. The highest BCUT2D eigenvalue weighted by atomic mass is 16.4. The highest BCUT2D eigenvalue weighted by molar-refractivity contribution is 5.95. The van der Waals surface area contributed by atoms with Crippen LogP contribution in [0, 0.1) is 6.92 Å². The average Bonchev–Trinajstić information content (AvgIpc) is 2.83. The number of hydrogen-bond acceptors (Lipinski definition) is 4. The molecule has 0 unspecified atom stereocenters. The van der Waals surface area contributed by atoms with E-state index in [4.69, 9.17) is 10.8 Å². The second-order valence-corrected chi connectivity index (χ2v) is 3.99. The lowest BCUT2D eigenvalue weighted by molar-refractivity contribution is 0.0698. The Kier molecular flexibility index (Phi) is 3.18. The predicted octanol–water partition coefficient (Wildman–Crippen LogP) is 1.61. The van der Waals surface area contributed by atoms with Gasteiger partial charge in [0, 0.05) is 17.6 Å². The van der Waals surface area contributed by atoms with Crippen LogP contribution in [0.4, 0.5) is 11.4 Å². The van der Waals surface area contributed by atoms with Crippen LogP contribution in [0.5, 0.6) is 0 Å². The Morgan fingerprint density at radius 3 is 2.94 bits per heavy atom. The van der Waals surface area contributed by atoms with E-state index >= 15 is 0 Å². The summed E-state index contributed by atoms with van der Waals surface area (Å²) < 4.78 is 0. The summed E-state index contributed by atoms with van der Waals surface area (Å²) in [5.74, 6) is -1.03. The van der Waals surface area contributed by atoms with Gasteiger partial charge in [0.05, 0.1) is 17.8 Å². The number of nitrogens with zero attached hydrogens (tertiary/aromatic N) is 1. The lowest BCUT2D eigenvalue weighted by Crippen LogP contribution is -2.07. The SMILES string of the molecule is Cc1cc(NCc2ccn[nH]2)cc(C(=O)O)c1N. The maximum Gasteiger partial charge on any atom is 0.337 e. The molecule has 0 aliphatic rings. The van der Waals surface area contributed by atoms with Gasteiger partial charge in [-0.05, 0) is 30.7 Å². The van der Waals surface area contributed by atoms with E-state index in [2.05, 4.69) is 15.5 Å². The van der Waals surface area contributed by atoms with Crippen LogP contribution in [0.3, 0.4) is 0 Å². The summed E-state index contributed by atoms with van der Waals surface area (Å²) in [5, 5.41) is 18.8. The molecule has 1 aromatic carbocycles. The number of carboxylic acid groups (broad SMARTS) is 1. The fourth-order valence-corrected chi connectivity index (χ4v) is 1.66. The minimum absolute atomic E-state index is 0.113. The minimum Gasteiger partial charge on any atom is -0.478 e. The predicted molar refractivity (Wildman–Crippen MR) is 68.5 cm³/mol. The molecule has 94 valence electrons. The standard InChI is InChI=1S/C12H14N4O2/c1-7-4-9(5-10(11(7)13)12(17)18)14-6-8-2-3-15-16-8/h2-5,14H,6,13H2,1H3,(H,15,16)(H,17,18). The van der Waals surface area contributed by atoms with Crippen molar-refractivity contribution in [2.75, 3.05) is 11.1 Å². The van der Waals surface area contributed by atoms with Crippen LogP contribution in [0.15, 0.2) is 24.4 Å². The number of aryl methyl sites for hydroxylation is 1. The van der Waals surface area contributed by atoms with Gasteiger partial charge in [-0.25, -0.2) is 4.79 Å². The first-order chi connectivity index (χ1) is 8.58. The number of carboxylic acids is 1. The second kappa shape index (κ2) is 4.79. The largest absolute Gasteiger partial charge is 0.478 e. The smallest absolute Gasteiger partial charge is 0.337 e. The van der Waals surface area contributed by atoms with E-state index < -0.39 is 5.97 Å². The number of anilines is 2. The van der Waals surface area contributed by atoms with Crippen molar-refractivity contribution in [3.05, 3.63) is 41.2 Å². The zero-order valence-corrected chi connectivity index (χ0v) is 9.90. The minimum atomic E-state index is -1.03. The van der Waals surface area contributed by atoms with Crippen molar-refractivity contribution in [1.82, 2.24) is 10.2 Å². The third-order valence-electron chi connectivity index (χ3n) is 2.66. The van der Waals surface area contributed by atoms with Crippen LogP contribution in [-0.2, 0) is 6.54 Å². The molecule has 0 bridgehead atoms. The first kappa shape index (κ1) is 12.0. The van der Waals surface area contributed by atoms with Crippen molar-refractivity contribution in [1.29, 1.82) is 0 Å². The van der Waals surface area contributed by atoms with Gasteiger partial charge < -0.3 is 16.2 Å². The number of H-pyrrole nitrogens is 1. The number of benzene rings is 1. The molecule has 0 fully saturated rings. The molecule has 6 heteroatoms. The molecule has 0 amide bonds. The highest BCUT2D eigenvalue weighted by Gasteiger charge is 2.11. The van der Waals surface area contributed by atoms with Gasteiger partial charge in [0.25, 0.3) is 0 Å². The monoisotopic (exact) mass is 246 g/mol. The van der Waals surface area contributed by atoms with Gasteiger partial charge in [0.2, 0.25) is 0 Å². The van der Waals surface area contributed by atoms with Gasteiger partial charge in [-0.3, -0.25) is 5.10 Å². The Morgan fingerprint density at radius 2 is 2.33 bits per heavy atom. The number of rotatable bonds is 4. The lowest BCUT2D eigenvalue weighted by atomic mass is 10.1. The zero-order chi connectivity index (χ0) is 13.1. The van der Waals surface area contributed by atoms with Gasteiger partial charge in [0.15, 0.2) is 0 Å². The van der Waals surface area contributed by atoms with Crippen molar-refractivity contribution in [3.63, 3.8) is 0 Å². The van der Waals surface area contributed by atoms with Crippen LogP contribution < -0.4 is 11.1 Å². The normalized spacial score (nSPS) is 10.3. The third kappa shape index (κ3) is 2.42. The Hall–Kier alpha value is -2.50. The first-order valence-electron chi connectivity index (χ1n) is 5.43. The molecule has 6 nitrogen and oxygen atoms in total. The molecule has 0 saturated heterocycles. The molecule has 2 aromatic rings. The van der Waals surface area contributed by atoms with Crippen LogP contribution in [-0.4, -0.2) is 21.3 Å². The number of carbonyl (C=O) groups is 1. The number of hydrogen-bond donors (Lipinski definition) is 4. The number of aromatic carboxylic acids is 1. The molecule has 0 aliphatic heterocycles. The van der Waals surface area contributed by atoms with E-state index in [1.54, 1.807) is 13.1 Å². The Labute approximate surface area is 104 Å². The lowest BCUT2D eigenvalue weighted by Gasteiger charge is -2.10. The van der Waals surface area contributed by atoms with E-state index in [9.17, 15) is 4.79 Å². The fourth-order valence-electron chi connectivity index (χ4n) is 1.66. The highest BCUT2D eigenvalue weighted by Crippen LogP contribution is 2.23. The number of aromatic nitrogens is 2. The third-order valence-corrected chi connectivity index (χ3v) is 2.66. The molecule has 1 aromatic heterocycles. The first-order valence-corrected chi connectivity index (χ1v) is 5.43. The number of nitrogens with two attached hydrogens (primary N) is 1. The van der Waals surface area contributed by atoms with Crippen LogP contribution in [0.1, 0.15) is 21.6 Å². The molecule has 0 aliphatic carbocycles. The van der Waals surface area contributed by atoms with E-state index in [-0.39, 0.29) is 5.56 Å². The van der Waals surface area contributed by atoms with E-state index in [1.807, 2.05) is 12.1 Å². The van der Waals surface area contributed by atoms with E-state index in [1.165, 1.54) is 6.07 Å². The number of nitrogen functional groups attached to an aromatic ring is 1. The summed E-state index contributed by atoms with van der Waals surface area (Å²) in [6.45, 7) is 2.32. The summed E-state index contributed by atoms with van der Waals surface area (Å²) in [6, 6.07) is 5.19. The summed E-state index contributed by atoms with van der Waals surface area (Å²) in [4.78, 5) is 11.0. The van der Waals surface area contributed by atoms with E-state index in [0.29, 0.717) is 17.9 Å². The number of aromatic amines is 1. The maximum atomic E-state index is 11.0. The Morgan fingerprint density at radius 1 is 1.56 bits per heavy atom. The number of nitrogens with one attached hydrogen (secondary N) is 2. The molecule has 0 atom stereocenters. The molecular formula is C12H14N4O2. The van der Waals surface area contributed by atoms with Crippen LogP contribution >= 0.6 is 0 Å². The molecule has 0 saturated carbocycles. The van der Waals surface area contributed by atoms with Crippen LogP contribution in [0.25, 0.3) is 0 Å². The summed E-state index contributed by atoms with van der Waals surface area (Å²) >= 11 is 0. The van der Waals surface area contributed by atoms with Gasteiger partial charge in [-0.15, -0.1) is 0 Å². The molecule has 5 N–H and O–H groups in total. The Balaban J connectivity index is 2.21. The molecule has 0 radical (unpaired) electrons. The van der Waals surface area contributed by atoms with Crippen molar-refractivity contribution in [2.45, 2.75) is 13.5 Å².